The fourth-order valence-corrected chi connectivity index (χ4v) is 4.32. The Bertz CT molecular complexity index is 838. The van der Waals surface area contributed by atoms with Gasteiger partial charge in [0.05, 0.1) is 12.1 Å². The molecule has 3 aliphatic rings. The van der Waals surface area contributed by atoms with Gasteiger partial charge in [-0.1, -0.05) is 47.1 Å². The summed E-state index contributed by atoms with van der Waals surface area (Å²) in [6, 6.07) is 9.37. The highest BCUT2D eigenvalue weighted by Crippen LogP contribution is 2.44. The van der Waals surface area contributed by atoms with Crippen molar-refractivity contribution in [1.29, 1.82) is 5.26 Å². The summed E-state index contributed by atoms with van der Waals surface area (Å²) in [5.74, 6) is 0.412. The van der Waals surface area contributed by atoms with E-state index in [4.69, 9.17) is 0 Å². The van der Waals surface area contributed by atoms with Crippen LogP contribution in [0.1, 0.15) is 42.0 Å². The number of allylic oxidation sites excluding steroid dienone is 5. The second-order valence-electron chi connectivity index (χ2n) is 7.10. The van der Waals surface area contributed by atoms with Crippen molar-refractivity contribution in [2.45, 2.75) is 39.2 Å². The van der Waals surface area contributed by atoms with E-state index in [9.17, 15) is 5.26 Å². The second-order valence-corrected chi connectivity index (χ2v) is 7.10. The van der Waals surface area contributed by atoms with Crippen LogP contribution in [0.4, 0.5) is 0 Å². The smallest absolute Gasteiger partial charge is 0.0944 e. The van der Waals surface area contributed by atoms with Crippen LogP contribution in [0.25, 0.3) is 0 Å². The number of hydrogen-bond acceptors (Lipinski definition) is 2. The lowest BCUT2D eigenvalue weighted by atomic mass is 9.73. The third-order valence-electron chi connectivity index (χ3n) is 5.31. The van der Waals surface area contributed by atoms with Crippen LogP contribution in [0, 0.1) is 31.1 Å². The minimum Gasteiger partial charge on any atom is -0.380 e. The molecule has 1 aromatic rings. The van der Waals surface area contributed by atoms with Crippen LogP contribution in [-0.2, 0) is 0 Å². The van der Waals surface area contributed by atoms with Gasteiger partial charge >= 0.3 is 0 Å². The van der Waals surface area contributed by atoms with E-state index in [-0.39, 0.29) is 6.04 Å². The molecule has 0 aromatic heterocycles. The van der Waals surface area contributed by atoms with Crippen LogP contribution in [0.5, 0.6) is 0 Å². The van der Waals surface area contributed by atoms with Crippen LogP contribution in [-0.4, -0.2) is 0 Å². The standard InChI is InChI=1S/C22H22N2/c1-14-9-15(2)11-18(10-14)22-21-6-4-17-12-16(13-23)3-5-19(17)20(21)7-8-24-22/h6-12,17,22,24H,3-5H2,1-2H3. The predicted molar refractivity (Wildman–Crippen MR) is 97.1 cm³/mol. The van der Waals surface area contributed by atoms with E-state index in [0.29, 0.717) is 5.92 Å². The first-order valence-corrected chi connectivity index (χ1v) is 8.71. The van der Waals surface area contributed by atoms with Crippen LogP contribution < -0.4 is 5.32 Å². The number of nitriles is 1. The fourth-order valence-electron chi connectivity index (χ4n) is 4.32. The summed E-state index contributed by atoms with van der Waals surface area (Å²) in [6.45, 7) is 4.32. The SMILES string of the molecule is Cc1cc(C)cc(C2NC=CC3=C4CCC(C#N)=CC4CC=C32)c1. The molecule has 2 atom stereocenters. The summed E-state index contributed by atoms with van der Waals surface area (Å²) in [7, 11) is 0. The first-order chi connectivity index (χ1) is 11.7. The average Bonchev–Trinajstić information content (AvgIpc) is 2.59. The van der Waals surface area contributed by atoms with Crippen molar-refractivity contribution in [3.05, 3.63) is 81.6 Å². The third kappa shape index (κ3) is 2.51. The van der Waals surface area contributed by atoms with E-state index in [1.807, 2.05) is 0 Å². The predicted octanol–water partition coefficient (Wildman–Crippen LogP) is 4.95. The summed E-state index contributed by atoms with van der Waals surface area (Å²) >= 11 is 0. The maximum Gasteiger partial charge on any atom is 0.0944 e. The van der Waals surface area contributed by atoms with Crippen LogP contribution in [0.2, 0.25) is 0 Å². The first-order valence-electron chi connectivity index (χ1n) is 8.71. The van der Waals surface area contributed by atoms with Gasteiger partial charge in [-0.05, 0) is 62.1 Å². The van der Waals surface area contributed by atoms with E-state index in [0.717, 1.165) is 24.8 Å². The topological polar surface area (TPSA) is 35.8 Å². The number of rotatable bonds is 1. The largest absolute Gasteiger partial charge is 0.380 e. The minimum absolute atomic E-state index is 0.235. The zero-order chi connectivity index (χ0) is 16.7. The Hall–Kier alpha value is -2.53. The van der Waals surface area contributed by atoms with Gasteiger partial charge in [-0.2, -0.15) is 5.26 Å². The molecule has 0 saturated heterocycles. The lowest BCUT2D eigenvalue weighted by Crippen LogP contribution is -2.26. The van der Waals surface area contributed by atoms with E-state index in [1.165, 1.54) is 33.4 Å². The van der Waals surface area contributed by atoms with Gasteiger partial charge in [0, 0.05) is 11.5 Å². The molecule has 1 aromatic carbocycles. The van der Waals surface area contributed by atoms with Gasteiger partial charge < -0.3 is 5.32 Å². The average molecular weight is 314 g/mol. The molecular formula is C22H22N2. The molecule has 0 amide bonds. The Labute approximate surface area is 143 Å². The first kappa shape index (κ1) is 15.0. The van der Waals surface area contributed by atoms with Gasteiger partial charge in [-0.25, -0.2) is 0 Å². The fraction of sp³-hybridized carbons (Fsp3) is 0.318. The van der Waals surface area contributed by atoms with Crippen molar-refractivity contribution < 1.29 is 0 Å². The van der Waals surface area contributed by atoms with E-state index >= 15 is 0 Å². The Morgan fingerprint density at radius 2 is 1.92 bits per heavy atom. The highest BCUT2D eigenvalue weighted by molar-refractivity contribution is 5.56. The van der Waals surface area contributed by atoms with E-state index in [1.54, 1.807) is 0 Å². The molecule has 2 heteroatoms. The van der Waals surface area contributed by atoms with Crippen LogP contribution >= 0.6 is 0 Å². The highest BCUT2D eigenvalue weighted by Gasteiger charge is 2.30. The summed E-state index contributed by atoms with van der Waals surface area (Å²) in [6.07, 6.45) is 11.8. The van der Waals surface area contributed by atoms with Crippen molar-refractivity contribution in [1.82, 2.24) is 5.32 Å². The summed E-state index contributed by atoms with van der Waals surface area (Å²) in [5, 5.41) is 12.7. The van der Waals surface area contributed by atoms with Gasteiger partial charge in [0.25, 0.3) is 0 Å². The van der Waals surface area contributed by atoms with Crippen LogP contribution in [0.15, 0.2) is 64.9 Å². The number of aryl methyl sites for hydroxylation is 2. The van der Waals surface area contributed by atoms with Crippen LogP contribution in [0.3, 0.4) is 0 Å². The molecular weight excluding hydrogens is 292 g/mol. The molecule has 0 bridgehead atoms. The lowest BCUT2D eigenvalue weighted by molar-refractivity contribution is 0.624. The molecule has 4 rings (SSSR count). The maximum absolute atomic E-state index is 9.18. The summed E-state index contributed by atoms with van der Waals surface area (Å²) in [4.78, 5) is 0. The molecule has 1 heterocycles. The molecule has 2 unspecified atom stereocenters. The van der Waals surface area contributed by atoms with Gasteiger partial charge in [0.2, 0.25) is 0 Å². The molecule has 0 fully saturated rings. The second kappa shape index (κ2) is 5.83. The summed E-state index contributed by atoms with van der Waals surface area (Å²) < 4.78 is 0. The van der Waals surface area contributed by atoms with Gasteiger partial charge in [-0.15, -0.1) is 0 Å². The Balaban J connectivity index is 1.75. The normalized spacial score (nSPS) is 25.0. The zero-order valence-electron chi connectivity index (χ0n) is 14.3. The molecule has 0 spiro atoms. The number of nitrogens with one attached hydrogen (secondary N) is 1. The van der Waals surface area contributed by atoms with E-state index < -0.39 is 0 Å². The molecule has 2 nitrogen and oxygen atoms in total. The molecule has 2 aliphatic carbocycles. The monoisotopic (exact) mass is 314 g/mol. The molecule has 1 N–H and O–H groups in total. The maximum atomic E-state index is 9.18. The Morgan fingerprint density at radius 3 is 2.67 bits per heavy atom. The number of fused-ring (bicyclic) bond motifs is 2. The third-order valence-corrected chi connectivity index (χ3v) is 5.31. The molecule has 24 heavy (non-hydrogen) atoms. The zero-order valence-corrected chi connectivity index (χ0v) is 14.3. The van der Waals surface area contributed by atoms with Crippen molar-refractivity contribution in [3.63, 3.8) is 0 Å². The molecule has 0 saturated carbocycles. The van der Waals surface area contributed by atoms with Crippen molar-refractivity contribution in [2.75, 3.05) is 0 Å². The summed E-state index contributed by atoms with van der Waals surface area (Å²) in [5.41, 5.74) is 9.21. The van der Waals surface area contributed by atoms with E-state index in [2.05, 4.69) is 67.9 Å². The molecule has 0 radical (unpaired) electrons. The quantitative estimate of drug-likeness (QED) is 0.796. The lowest BCUT2D eigenvalue weighted by Gasteiger charge is -2.35. The molecule has 1 aliphatic heterocycles. The molecule has 120 valence electrons. The Kier molecular flexibility index (Phi) is 3.65. The minimum atomic E-state index is 0.235. The highest BCUT2D eigenvalue weighted by atomic mass is 14.9. The number of hydrogen-bond donors (Lipinski definition) is 1. The van der Waals surface area contributed by atoms with Crippen molar-refractivity contribution in [2.24, 2.45) is 5.92 Å². The van der Waals surface area contributed by atoms with Gasteiger partial charge in [-0.3, -0.25) is 0 Å². The van der Waals surface area contributed by atoms with Crippen molar-refractivity contribution >= 4 is 0 Å². The number of benzene rings is 1. The van der Waals surface area contributed by atoms with Gasteiger partial charge in [0.1, 0.15) is 0 Å². The van der Waals surface area contributed by atoms with Crippen molar-refractivity contribution in [3.8, 4) is 6.07 Å². The van der Waals surface area contributed by atoms with Gasteiger partial charge in [0.15, 0.2) is 0 Å². The number of nitrogens with zero attached hydrogens (tertiary/aromatic N) is 1. The Morgan fingerprint density at radius 1 is 1.12 bits per heavy atom.